The van der Waals surface area contributed by atoms with E-state index in [4.69, 9.17) is 9.47 Å². The van der Waals surface area contributed by atoms with Gasteiger partial charge in [0.2, 0.25) is 0 Å². The first kappa shape index (κ1) is 22.9. The van der Waals surface area contributed by atoms with E-state index < -0.39 is 0 Å². The molecule has 0 N–H and O–H groups in total. The van der Waals surface area contributed by atoms with Crippen LogP contribution >= 0.6 is 11.8 Å². The first-order valence-corrected chi connectivity index (χ1v) is 13.0. The number of carbonyl (C=O) groups excluding carboxylic acids is 1. The highest BCUT2D eigenvalue weighted by atomic mass is 32.2. The molecule has 0 radical (unpaired) electrons. The number of aromatic nitrogens is 3. The molecule has 3 aliphatic rings. The van der Waals surface area contributed by atoms with Gasteiger partial charge in [0, 0.05) is 50.4 Å². The quantitative estimate of drug-likeness (QED) is 0.315. The molecule has 1 aliphatic carbocycles. The highest BCUT2D eigenvalue weighted by Crippen LogP contribution is 2.59. The zero-order valence-corrected chi connectivity index (χ0v) is 20.7. The van der Waals surface area contributed by atoms with Crippen molar-refractivity contribution >= 4 is 17.5 Å². The van der Waals surface area contributed by atoms with Gasteiger partial charge in [0.1, 0.15) is 11.6 Å². The number of ketones is 1. The van der Waals surface area contributed by atoms with Gasteiger partial charge in [-0.05, 0) is 62.8 Å². The molecule has 33 heavy (non-hydrogen) atoms. The maximum atomic E-state index is 12.1. The average Bonchev–Trinajstić information content (AvgIpc) is 3.21. The minimum absolute atomic E-state index is 0.0675. The summed E-state index contributed by atoms with van der Waals surface area (Å²) in [5, 5.41) is 9.95. The third-order valence-corrected chi connectivity index (χ3v) is 8.78. The number of Topliss-reactive ketones (excluding diaryl/α,β-unsaturated/α-hetero) is 1. The molecule has 2 aromatic rings. The first-order chi connectivity index (χ1) is 16.0. The summed E-state index contributed by atoms with van der Waals surface area (Å²) in [6.45, 7) is 6.61. The predicted molar refractivity (Wildman–Crippen MR) is 128 cm³/mol. The molecule has 2 aliphatic heterocycles. The second kappa shape index (κ2) is 9.39. The van der Waals surface area contributed by atoms with Crippen LogP contribution < -0.4 is 4.74 Å². The van der Waals surface area contributed by atoms with Crippen LogP contribution in [0.25, 0.3) is 0 Å². The van der Waals surface area contributed by atoms with Crippen molar-refractivity contribution in [3.05, 3.63) is 35.2 Å². The molecule has 1 aromatic carbocycles. The number of fused-ring (bicyclic) bond motifs is 1. The van der Waals surface area contributed by atoms with Crippen LogP contribution in [-0.2, 0) is 17.2 Å². The number of piperidine rings is 1. The Balaban J connectivity index is 1.13. The zero-order valence-electron chi connectivity index (χ0n) is 19.9. The Morgan fingerprint density at radius 2 is 2.12 bits per heavy atom. The molecule has 7 nitrogen and oxygen atoms in total. The van der Waals surface area contributed by atoms with E-state index in [0.717, 1.165) is 68.8 Å². The number of carbonyl (C=O) groups is 1. The summed E-state index contributed by atoms with van der Waals surface area (Å²) in [5.74, 6) is 4.07. The number of benzene rings is 1. The molecule has 8 heteroatoms. The molecule has 1 aromatic heterocycles. The Kier molecular flexibility index (Phi) is 6.51. The first-order valence-electron chi connectivity index (χ1n) is 12.0. The molecule has 1 saturated carbocycles. The molecule has 2 atom stereocenters. The molecule has 3 heterocycles. The number of thioether (sulfide) groups is 1. The minimum Gasteiger partial charge on any atom is -0.496 e. The Morgan fingerprint density at radius 3 is 2.88 bits per heavy atom. The number of likely N-dealkylation sites (tertiary alicyclic amines) is 1. The van der Waals surface area contributed by atoms with Gasteiger partial charge in [0.15, 0.2) is 10.9 Å². The fourth-order valence-corrected chi connectivity index (χ4v) is 6.55. The van der Waals surface area contributed by atoms with Crippen LogP contribution in [0.15, 0.2) is 23.4 Å². The Labute approximate surface area is 200 Å². The third kappa shape index (κ3) is 4.45. The van der Waals surface area contributed by atoms with Crippen molar-refractivity contribution in [1.82, 2.24) is 19.7 Å². The van der Waals surface area contributed by atoms with E-state index in [9.17, 15) is 4.79 Å². The summed E-state index contributed by atoms with van der Waals surface area (Å²) in [5.41, 5.74) is 2.23. The van der Waals surface area contributed by atoms with Crippen LogP contribution in [0, 0.1) is 5.92 Å². The number of hydrogen-bond acceptors (Lipinski definition) is 7. The third-order valence-electron chi connectivity index (χ3n) is 7.67. The molecular formula is C25H34N4O3S. The smallest absolute Gasteiger partial charge is 0.190 e. The van der Waals surface area contributed by atoms with E-state index in [2.05, 4.69) is 38.8 Å². The van der Waals surface area contributed by atoms with E-state index in [1.807, 2.05) is 17.8 Å². The van der Waals surface area contributed by atoms with E-state index in [1.165, 1.54) is 12.0 Å². The molecule has 0 spiro atoms. The number of rotatable bonds is 9. The SMILES string of the molecule is COc1ccc([C@@]23C[C@H]2CN(CCCSc2nnc(C4CCOCC4)n2C)C3)cc1C(C)=O. The lowest BCUT2D eigenvalue weighted by molar-refractivity contribution is 0.0828. The summed E-state index contributed by atoms with van der Waals surface area (Å²) in [6.07, 6.45) is 4.44. The molecule has 0 unspecified atom stereocenters. The average molecular weight is 471 g/mol. The maximum Gasteiger partial charge on any atom is 0.190 e. The number of methoxy groups -OCH3 is 1. The number of hydrogen-bond donors (Lipinski definition) is 0. The van der Waals surface area contributed by atoms with Gasteiger partial charge in [0.25, 0.3) is 0 Å². The van der Waals surface area contributed by atoms with Crippen molar-refractivity contribution in [3.63, 3.8) is 0 Å². The van der Waals surface area contributed by atoms with Gasteiger partial charge in [-0.2, -0.15) is 0 Å². The predicted octanol–water partition coefficient (Wildman–Crippen LogP) is 3.68. The topological polar surface area (TPSA) is 69.5 Å². The number of nitrogens with zero attached hydrogens (tertiary/aromatic N) is 4. The van der Waals surface area contributed by atoms with Gasteiger partial charge in [-0.25, -0.2) is 0 Å². The lowest BCUT2D eigenvalue weighted by atomic mass is 9.92. The Morgan fingerprint density at radius 1 is 1.30 bits per heavy atom. The fraction of sp³-hybridized carbons (Fsp3) is 0.640. The Hall–Kier alpha value is -1.90. The second-order valence-corrected chi connectivity index (χ2v) is 10.8. The lowest BCUT2D eigenvalue weighted by Gasteiger charge is -2.22. The lowest BCUT2D eigenvalue weighted by Crippen LogP contribution is -2.28. The summed E-state index contributed by atoms with van der Waals surface area (Å²) >= 11 is 1.81. The Bertz CT molecular complexity index is 1020. The van der Waals surface area contributed by atoms with E-state index >= 15 is 0 Å². The minimum atomic E-state index is 0.0675. The molecule has 2 saturated heterocycles. The summed E-state index contributed by atoms with van der Waals surface area (Å²) in [6, 6.07) is 6.20. The van der Waals surface area contributed by atoms with Crippen LogP contribution in [0.3, 0.4) is 0 Å². The number of ether oxygens (including phenoxy) is 2. The summed E-state index contributed by atoms with van der Waals surface area (Å²) in [4.78, 5) is 14.7. The molecule has 5 rings (SSSR count). The zero-order chi connectivity index (χ0) is 23.0. The van der Waals surface area contributed by atoms with E-state index in [-0.39, 0.29) is 11.2 Å². The molecule has 3 fully saturated rings. The van der Waals surface area contributed by atoms with Crippen LogP contribution in [0.4, 0.5) is 0 Å². The highest BCUT2D eigenvalue weighted by Gasteiger charge is 2.60. The molecule has 178 valence electrons. The maximum absolute atomic E-state index is 12.1. The largest absolute Gasteiger partial charge is 0.496 e. The van der Waals surface area contributed by atoms with Crippen molar-refractivity contribution in [1.29, 1.82) is 0 Å². The van der Waals surface area contributed by atoms with Crippen molar-refractivity contribution in [2.45, 2.75) is 49.1 Å². The van der Waals surface area contributed by atoms with Crippen molar-refractivity contribution < 1.29 is 14.3 Å². The van der Waals surface area contributed by atoms with Crippen LogP contribution in [0.2, 0.25) is 0 Å². The fourth-order valence-electron chi connectivity index (χ4n) is 5.71. The molecule has 0 bridgehead atoms. The second-order valence-electron chi connectivity index (χ2n) is 9.75. The van der Waals surface area contributed by atoms with Gasteiger partial charge < -0.3 is 18.9 Å². The van der Waals surface area contributed by atoms with Crippen molar-refractivity contribution in [2.75, 3.05) is 45.7 Å². The van der Waals surface area contributed by atoms with Gasteiger partial charge >= 0.3 is 0 Å². The summed E-state index contributed by atoms with van der Waals surface area (Å²) < 4.78 is 13.0. The van der Waals surface area contributed by atoms with Gasteiger partial charge in [0.05, 0.1) is 12.7 Å². The van der Waals surface area contributed by atoms with Gasteiger partial charge in [-0.1, -0.05) is 17.8 Å². The van der Waals surface area contributed by atoms with Crippen LogP contribution in [0.5, 0.6) is 5.75 Å². The van der Waals surface area contributed by atoms with Gasteiger partial charge in [-0.3, -0.25) is 4.79 Å². The normalized spacial score (nSPS) is 25.2. The van der Waals surface area contributed by atoms with Crippen molar-refractivity contribution in [3.8, 4) is 5.75 Å². The highest BCUT2D eigenvalue weighted by molar-refractivity contribution is 7.99. The monoisotopic (exact) mass is 470 g/mol. The summed E-state index contributed by atoms with van der Waals surface area (Å²) in [7, 11) is 3.72. The van der Waals surface area contributed by atoms with Gasteiger partial charge in [-0.15, -0.1) is 10.2 Å². The molecule has 0 amide bonds. The molecular weight excluding hydrogens is 436 g/mol. The van der Waals surface area contributed by atoms with Crippen molar-refractivity contribution in [2.24, 2.45) is 13.0 Å². The van der Waals surface area contributed by atoms with Crippen LogP contribution in [-0.4, -0.2) is 71.2 Å². The van der Waals surface area contributed by atoms with Crippen LogP contribution in [0.1, 0.15) is 60.3 Å². The van der Waals surface area contributed by atoms with E-state index in [1.54, 1.807) is 14.0 Å². The van der Waals surface area contributed by atoms with E-state index in [0.29, 0.717) is 23.1 Å². The standard InChI is InChI=1S/C25H34N4O3S/c1-17(30)21-13-19(5-6-22(21)31-3)25-14-20(25)15-29(16-25)9-4-12-33-24-27-26-23(28(24)2)18-7-10-32-11-8-18/h5-6,13,18,20H,4,7-12,14-16H2,1-3H3/t20-,25-/m0/s1.